The average Bonchev–Trinajstić information content (AvgIpc) is 3.33. The van der Waals surface area contributed by atoms with E-state index in [1.807, 2.05) is 0 Å². The van der Waals surface area contributed by atoms with Gasteiger partial charge in [-0.15, -0.1) is 0 Å². The Morgan fingerprint density at radius 2 is 0.567 bits per heavy atom. The molecule has 0 radical (unpaired) electrons. The standard InChI is InChI=1S/C61H112O6/c1-4-7-10-13-16-19-22-24-25-26-27-28-29-30-31-32-33-34-35-37-39-42-45-48-51-54-60(63)66-57-58(56-65-59(62)53-50-47-44-41-38-21-18-15-12-9-6-3)67-61(64)55-52-49-46-43-40-36-23-20-17-14-11-8-5-2/h11,14,20,23,26-27,58H,4-10,12-13,15-19,21-22,24-25,28-57H2,1-3H3/b14-11-,23-20-,27-26-. The Hall–Kier alpha value is -2.37. The quantitative estimate of drug-likeness (QED) is 0.0262. The Bertz CT molecular complexity index is 1130. The molecule has 67 heavy (non-hydrogen) atoms. The van der Waals surface area contributed by atoms with Crippen molar-refractivity contribution in [2.45, 2.75) is 322 Å². The number of carbonyl (C=O) groups is 3. The van der Waals surface area contributed by atoms with Gasteiger partial charge in [-0.25, -0.2) is 0 Å². The van der Waals surface area contributed by atoms with Gasteiger partial charge < -0.3 is 14.2 Å². The zero-order chi connectivity index (χ0) is 48.6. The van der Waals surface area contributed by atoms with Crippen LogP contribution in [-0.4, -0.2) is 37.2 Å². The minimum atomic E-state index is -0.775. The molecular weight excluding hydrogens is 829 g/mol. The van der Waals surface area contributed by atoms with E-state index in [0.717, 1.165) is 89.9 Å². The number of ether oxygens (including phenoxy) is 3. The summed E-state index contributed by atoms with van der Waals surface area (Å²) in [6, 6.07) is 0. The normalized spacial score (nSPS) is 12.2. The van der Waals surface area contributed by atoms with Crippen LogP contribution < -0.4 is 0 Å². The highest BCUT2D eigenvalue weighted by Crippen LogP contribution is 2.17. The van der Waals surface area contributed by atoms with Crippen LogP contribution in [0.2, 0.25) is 0 Å². The molecule has 0 aliphatic heterocycles. The topological polar surface area (TPSA) is 78.9 Å². The molecule has 0 bridgehead atoms. The smallest absolute Gasteiger partial charge is 0.306 e. The highest BCUT2D eigenvalue weighted by atomic mass is 16.6. The number of hydrogen-bond acceptors (Lipinski definition) is 6. The van der Waals surface area contributed by atoms with Gasteiger partial charge >= 0.3 is 17.9 Å². The number of esters is 3. The minimum absolute atomic E-state index is 0.0743. The van der Waals surface area contributed by atoms with E-state index in [4.69, 9.17) is 14.2 Å². The Balaban J connectivity index is 4.18. The van der Waals surface area contributed by atoms with Crippen molar-refractivity contribution in [2.75, 3.05) is 13.2 Å². The van der Waals surface area contributed by atoms with Crippen molar-refractivity contribution in [1.29, 1.82) is 0 Å². The lowest BCUT2D eigenvalue weighted by Gasteiger charge is -2.18. The van der Waals surface area contributed by atoms with Crippen LogP contribution in [-0.2, 0) is 28.6 Å². The molecule has 0 heterocycles. The Morgan fingerprint density at radius 3 is 0.896 bits per heavy atom. The van der Waals surface area contributed by atoms with Gasteiger partial charge in [0.25, 0.3) is 0 Å². The van der Waals surface area contributed by atoms with Crippen LogP contribution >= 0.6 is 0 Å². The van der Waals surface area contributed by atoms with Crippen molar-refractivity contribution >= 4 is 17.9 Å². The van der Waals surface area contributed by atoms with Gasteiger partial charge in [0, 0.05) is 19.3 Å². The third-order valence-corrected chi connectivity index (χ3v) is 13.1. The van der Waals surface area contributed by atoms with Crippen molar-refractivity contribution in [3.63, 3.8) is 0 Å². The Kier molecular flexibility index (Phi) is 54.2. The zero-order valence-corrected chi connectivity index (χ0v) is 44.9. The van der Waals surface area contributed by atoms with Gasteiger partial charge in [0.15, 0.2) is 6.10 Å². The molecule has 0 N–H and O–H groups in total. The molecule has 0 aliphatic carbocycles. The maximum atomic E-state index is 12.8. The van der Waals surface area contributed by atoms with E-state index >= 15 is 0 Å². The van der Waals surface area contributed by atoms with Gasteiger partial charge in [0.1, 0.15) is 13.2 Å². The second kappa shape index (κ2) is 56.2. The second-order valence-electron chi connectivity index (χ2n) is 19.9. The van der Waals surface area contributed by atoms with E-state index in [-0.39, 0.29) is 31.1 Å². The maximum absolute atomic E-state index is 12.8. The summed E-state index contributed by atoms with van der Waals surface area (Å²) in [6.07, 6.45) is 67.2. The lowest BCUT2D eigenvalue weighted by Crippen LogP contribution is -2.30. The first kappa shape index (κ1) is 64.6. The summed E-state index contributed by atoms with van der Waals surface area (Å²) in [5, 5.41) is 0. The summed E-state index contributed by atoms with van der Waals surface area (Å²) in [5.41, 5.74) is 0. The summed E-state index contributed by atoms with van der Waals surface area (Å²) in [5.74, 6) is -0.874. The maximum Gasteiger partial charge on any atom is 0.306 e. The first-order valence-electron chi connectivity index (χ1n) is 29.5. The number of rotatable bonds is 54. The lowest BCUT2D eigenvalue weighted by molar-refractivity contribution is -0.167. The van der Waals surface area contributed by atoms with E-state index in [1.165, 1.54) is 186 Å². The fraction of sp³-hybridized carbons (Fsp3) is 0.852. The van der Waals surface area contributed by atoms with Crippen molar-refractivity contribution in [1.82, 2.24) is 0 Å². The van der Waals surface area contributed by atoms with Crippen LogP contribution in [0.1, 0.15) is 316 Å². The van der Waals surface area contributed by atoms with Crippen molar-refractivity contribution in [3.05, 3.63) is 36.5 Å². The van der Waals surface area contributed by atoms with Gasteiger partial charge in [0.2, 0.25) is 0 Å². The number of hydrogen-bond donors (Lipinski definition) is 0. The monoisotopic (exact) mass is 941 g/mol. The molecule has 0 fully saturated rings. The van der Waals surface area contributed by atoms with Gasteiger partial charge in [-0.2, -0.15) is 0 Å². The zero-order valence-electron chi connectivity index (χ0n) is 44.9. The molecule has 0 aromatic carbocycles. The fourth-order valence-electron chi connectivity index (χ4n) is 8.65. The third-order valence-electron chi connectivity index (χ3n) is 13.1. The van der Waals surface area contributed by atoms with E-state index in [2.05, 4.69) is 57.2 Å². The van der Waals surface area contributed by atoms with Crippen LogP contribution in [0.4, 0.5) is 0 Å². The number of allylic oxidation sites excluding steroid dienone is 6. The summed E-state index contributed by atoms with van der Waals surface area (Å²) in [4.78, 5) is 38.1. The van der Waals surface area contributed by atoms with E-state index in [9.17, 15) is 14.4 Å². The van der Waals surface area contributed by atoms with Crippen molar-refractivity contribution in [2.24, 2.45) is 0 Å². The lowest BCUT2D eigenvalue weighted by atomic mass is 10.0. The van der Waals surface area contributed by atoms with Crippen LogP contribution in [0.25, 0.3) is 0 Å². The van der Waals surface area contributed by atoms with Crippen LogP contribution in [0.3, 0.4) is 0 Å². The molecule has 0 spiro atoms. The summed E-state index contributed by atoms with van der Waals surface area (Å²) >= 11 is 0. The molecular formula is C61H112O6. The molecule has 392 valence electrons. The predicted molar refractivity (Wildman–Crippen MR) is 289 cm³/mol. The Labute approximate surface area is 416 Å². The molecule has 0 saturated carbocycles. The summed E-state index contributed by atoms with van der Waals surface area (Å²) < 4.78 is 16.8. The number of carbonyl (C=O) groups excluding carboxylic acids is 3. The van der Waals surface area contributed by atoms with Gasteiger partial charge in [-0.05, 0) is 70.6 Å². The third kappa shape index (κ3) is 54.4. The highest BCUT2D eigenvalue weighted by molar-refractivity contribution is 5.71. The van der Waals surface area contributed by atoms with Crippen molar-refractivity contribution < 1.29 is 28.6 Å². The van der Waals surface area contributed by atoms with E-state index in [1.54, 1.807) is 0 Å². The summed E-state index contributed by atoms with van der Waals surface area (Å²) in [6.45, 7) is 6.59. The molecule has 0 aromatic heterocycles. The molecule has 0 saturated heterocycles. The second-order valence-corrected chi connectivity index (χ2v) is 19.9. The molecule has 0 aromatic rings. The van der Waals surface area contributed by atoms with Crippen molar-refractivity contribution in [3.8, 4) is 0 Å². The van der Waals surface area contributed by atoms with Crippen LogP contribution in [0, 0.1) is 0 Å². The fourth-order valence-corrected chi connectivity index (χ4v) is 8.65. The minimum Gasteiger partial charge on any atom is -0.462 e. The van der Waals surface area contributed by atoms with Gasteiger partial charge in [-0.1, -0.05) is 263 Å². The molecule has 6 heteroatoms. The SMILES string of the molecule is CCC/C=C\C/C=C\CCCCCCCC(=O)OC(COC(=O)CCCCCCCCCCCCC)COC(=O)CCCCCCCCCCCCCCC/C=C\CCCCCCCCCC. The molecule has 6 nitrogen and oxygen atoms in total. The number of unbranched alkanes of at least 4 members (excludes halogenated alkanes) is 37. The summed E-state index contributed by atoms with van der Waals surface area (Å²) in [7, 11) is 0. The predicted octanol–water partition coefficient (Wildman–Crippen LogP) is 19.7. The van der Waals surface area contributed by atoms with Gasteiger partial charge in [0.05, 0.1) is 0 Å². The van der Waals surface area contributed by atoms with E-state index < -0.39 is 6.10 Å². The molecule has 0 amide bonds. The Morgan fingerprint density at radius 1 is 0.299 bits per heavy atom. The molecule has 1 unspecified atom stereocenters. The van der Waals surface area contributed by atoms with Crippen LogP contribution in [0.5, 0.6) is 0 Å². The average molecular weight is 942 g/mol. The van der Waals surface area contributed by atoms with Crippen LogP contribution in [0.15, 0.2) is 36.5 Å². The first-order chi connectivity index (χ1) is 33.0. The van der Waals surface area contributed by atoms with Gasteiger partial charge in [-0.3, -0.25) is 14.4 Å². The largest absolute Gasteiger partial charge is 0.462 e. The molecule has 1 atom stereocenters. The molecule has 0 rings (SSSR count). The highest BCUT2D eigenvalue weighted by Gasteiger charge is 2.19. The first-order valence-corrected chi connectivity index (χ1v) is 29.5. The van der Waals surface area contributed by atoms with E-state index in [0.29, 0.717) is 19.3 Å². The molecule has 0 aliphatic rings.